The summed E-state index contributed by atoms with van der Waals surface area (Å²) in [5, 5.41) is 0. The number of unbranched alkanes of at least 4 members (excludes halogenated alkanes) is 17. The highest BCUT2D eigenvalue weighted by molar-refractivity contribution is 5.71. The smallest absolute Gasteiger partial charge is 0.306 e. The van der Waals surface area contributed by atoms with Crippen LogP contribution < -0.4 is 0 Å². The number of ether oxygens (including phenoxy) is 3. The molecule has 0 radical (unpaired) electrons. The third kappa shape index (κ3) is 35.5. The first-order chi connectivity index (χ1) is 22.6. The lowest BCUT2D eigenvalue weighted by Crippen LogP contribution is -2.30. The fraction of sp³-hybridized carbons (Fsp3) is 0.927. The second kappa shape index (κ2) is 32.9. The van der Waals surface area contributed by atoms with E-state index >= 15 is 0 Å². The van der Waals surface area contributed by atoms with Gasteiger partial charge in [-0.3, -0.25) is 14.4 Å². The van der Waals surface area contributed by atoms with Gasteiger partial charge in [0.1, 0.15) is 13.2 Å². The zero-order valence-corrected chi connectivity index (χ0v) is 32.1. The van der Waals surface area contributed by atoms with Gasteiger partial charge < -0.3 is 14.2 Å². The van der Waals surface area contributed by atoms with Crippen molar-refractivity contribution in [3.63, 3.8) is 0 Å². The number of carbonyl (C=O) groups is 3. The number of carbonyl (C=O) groups excluding carboxylic acids is 3. The monoisotopic (exact) mass is 667 g/mol. The van der Waals surface area contributed by atoms with Crippen LogP contribution in [0.1, 0.15) is 208 Å². The van der Waals surface area contributed by atoms with Gasteiger partial charge in [0.2, 0.25) is 0 Å². The molecule has 6 heteroatoms. The second-order valence-electron chi connectivity index (χ2n) is 15.3. The summed E-state index contributed by atoms with van der Waals surface area (Å²) in [7, 11) is 0. The molecule has 0 unspecified atom stereocenters. The average Bonchev–Trinajstić information content (AvgIpc) is 3.01. The predicted octanol–water partition coefficient (Wildman–Crippen LogP) is 12.1. The van der Waals surface area contributed by atoms with E-state index in [-0.39, 0.29) is 31.1 Å². The molecule has 278 valence electrons. The normalized spacial score (nSPS) is 12.2. The van der Waals surface area contributed by atoms with Gasteiger partial charge in [-0.05, 0) is 37.0 Å². The van der Waals surface area contributed by atoms with E-state index < -0.39 is 6.10 Å². The van der Waals surface area contributed by atoms with Crippen molar-refractivity contribution >= 4 is 17.9 Å². The molecule has 0 N–H and O–H groups in total. The van der Waals surface area contributed by atoms with E-state index in [1.54, 1.807) is 0 Å². The highest BCUT2D eigenvalue weighted by Crippen LogP contribution is 2.16. The molecule has 0 aliphatic carbocycles. The maximum atomic E-state index is 12.6. The minimum Gasteiger partial charge on any atom is -0.462 e. The predicted molar refractivity (Wildman–Crippen MR) is 196 cm³/mol. The molecule has 0 aromatic heterocycles. The van der Waals surface area contributed by atoms with E-state index in [1.165, 1.54) is 89.9 Å². The van der Waals surface area contributed by atoms with Crippen molar-refractivity contribution in [2.75, 3.05) is 13.2 Å². The Morgan fingerprint density at radius 2 is 0.617 bits per heavy atom. The van der Waals surface area contributed by atoms with E-state index in [2.05, 4.69) is 41.5 Å². The Kier molecular flexibility index (Phi) is 31.8. The summed E-state index contributed by atoms with van der Waals surface area (Å²) in [6.07, 6.45) is 26.9. The summed E-state index contributed by atoms with van der Waals surface area (Å²) in [5.74, 6) is 1.44. The number of hydrogen-bond acceptors (Lipinski definition) is 6. The summed E-state index contributed by atoms with van der Waals surface area (Å²) in [4.78, 5) is 37.4. The van der Waals surface area contributed by atoms with Crippen LogP contribution in [-0.2, 0) is 28.6 Å². The fourth-order valence-electron chi connectivity index (χ4n) is 5.82. The molecule has 0 saturated carbocycles. The van der Waals surface area contributed by atoms with Crippen molar-refractivity contribution in [1.82, 2.24) is 0 Å². The van der Waals surface area contributed by atoms with Gasteiger partial charge in [0.05, 0.1) is 0 Å². The molecule has 0 aromatic carbocycles. The number of hydrogen-bond donors (Lipinski definition) is 0. The Labute approximate surface area is 291 Å². The van der Waals surface area contributed by atoms with Crippen LogP contribution in [0.4, 0.5) is 0 Å². The van der Waals surface area contributed by atoms with Crippen molar-refractivity contribution in [3.05, 3.63) is 0 Å². The molecule has 0 aliphatic rings. The summed E-state index contributed by atoms with van der Waals surface area (Å²) < 4.78 is 16.6. The minimum absolute atomic E-state index is 0.0690. The van der Waals surface area contributed by atoms with Gasteiger partial charge in [0.25, 0.3) is 0 Å². The SMILES string of the molecule is CC(C)CCCCCCCCCCC(=O)OC[C@H](COC(=O)CCCCCCCCC(C)C)OC(=O)CCCCCCCCC(C)C. The van der Waals surface area contributed by atoms with Crippen LogP contribution in [0.25, 0.3) is 0 Å². The lowest BCUT2D eigenvalue weighted by molar-refractivity contribution is -0.167. The molecular weight excluding hydrogens is 588 g/mol. The maximum Gasteiger partial charge on any atom is 0.306 e. The molecule has 0 fully saturated rings. The van der Waals surface area contributed by atoms with Crippen LogP contribution in [0.2, 0.25) is 0 Å². The molecule has 47 heavy (non-hydrogen) atoms. The molecule has 0 spiro atoms. The molecule has 0 amide bonds. The van der Waals surface area contributed by atoms with Gasteiger partial charge >= 0.3 is 17.9 Å². The molecule has 0 heterocycles. The van der Waals surface area contributed by atoms with Gasteiger partial charge in [-0.15, -0.1) is 0 Å². The third-order valence-corrected chi connectivity index (χ3v) is 8.90. The standard InChI is InChI=1S/C41H78O6/c1-35(2)27-21-15-9-7-8-10-18-24-30-39(42)45-33-38(47-41(44)32-26-20-14-12-17-23-29-37(5)6)34-46-40(43)31-25-19-13-11-16-22-28-36(3)4/h35-38H,7-34H2,1-6H3/t38-/m1/s1. The summed E-state index contributed by atoms with van der Waals surface area (Å²) in [6.45, 7) is 13.5. The fourth-order valence-corrected chi connectivity index (χ4v) is 5.82. The Bertz CT molecular complexity index is 731. The van der Waals surface area contributed by atoms with Crippen LogP contribution in [0.5, 0.6) is 0 Å². The molecule has 0 aliphatic heterocycles. The zero-order chi connectivity index (χ0) is 35.0. The molecule has 0 rings (SSSR count). The van der Waals surface area contributed by atoms with Crippen molar-refractivity contribution in [3.8, 4) is 0 Å². The number of rotatable bonds is 34. The first-order valence-electron chi connectivity index (χ1n) is 20.1. The highest BCUT2D eigenvalue weighted by atomic mass is 16.6. The third-order valence-electron chi connectivity index (χ3n) is 8.90. The Morgan fingerprint density at radius 3 is 0.915 bits per heavy atom. The Balaban J connectivity index is 4.36. The summed E-state index contributed by atoms with van der Waals surface area (Å²) in [5.41, 5.74) is 0. The molecule has 0 bridgehead atoms. The lowest BCUT2D eigenvalue weighted by atomic mass is 10.0. The van der Waals surface area contributed by atoms with E-state index in [0.717, 1.165) is 75.5 Å². The van der Waals surface area contributed by atoms with E-state index in [0.29, 0.717) is 19.3 Å². The first-order valence-corrected chi connectivity index (χ1v) is 20.1. The maximum absolute atomic E-state index is 12.6. The average molecular weight is 667 g/mol. The molecule has 6 nitrogen and oxygen atoms in total. The van der Waals surface area contributed by atoms with Crippen molar-refractivity contribution in [1.29, 1.82) is 0 Å². The highest BCUT2D eigenvalue weighted by Gasteiger charge is 2.19. The van der Waals surface area contributed by atoms with Crippen molar-refractivity contribution < 1.29 is 28.6 Å². The number of esters is 3. The largest absolute Gasteiger partial charge is 0.462 e. The van der Waals surface area contributed by atoms with Gasteiger partial charge in [-0.2, -0.15) is 0 Å². The molecule has 1 atom stereocenters. The van der Waals surface area contributed by atoms with Crippen LogP contribution in [0.3, 0.4) is 0 Å². The van der Waals surface area contributed by atoms with Crippen LogP contribution >= 0.6 is 0 Å². The summed E-state index contributed by atoms with van der Waals surface area (Å²) in [6, 6.07) is 0. The van der Waals surface area contributed by atoms with Crippen LogP contribution in [-0.4, -0.2) is 37.2 Å². The molecule has 0 aromatic rings. The zero-order valence-electron chi connectivity index (χ0n) is 32.1. The van der Waals surface area contributed by atoms with Gasteiger partial charge in [0.15, 0.2) is 6.10 Å². The van der Waals surface area contributed by atoms with Crippen molar-refractivity contribution in [2.45, 2.75) is 215 Å². The van der Waals surface area contributed by atoms with Gasteiger partial charge in [0, 0.05) is 19.3 Å². The van der Waals surface area contributed by atoms with E-state index in [1.807, 2.05) is 0 Å². The van der Waals surface area contributed by atoms with Crippen LogP contribution in [0.15, 0.2) is 0 Å². The lowest BCUT2D eigenvalue weighted by Gasteiger charge is -2.18. The topological polar surface area (TPSA) is 78.9 Å². The van der Waals surface area contributed by atoms with Gasteiger partial charge in [-0.25, -0.2) is 0 Å². The molecular formula is C41H78O6. The second-order valence-corrected chi connectivity index (χ2v) is 15.3. The minimum atomic E-state index is -0.761. The quantitative estimate of drug-likeness (QED) is 0.0386. The molecule has 0 saturated heterocycles. The van der Waals surface area contributed by atoms with Gasteiger partial charge in [-0.1, -0.05) is 170 Å². The first kappa shape index (κ1) is 45.4. The van der Waals surface area contributed by atoms with Crippen molar-refractivity contribution in [2.24, 2.45) is 17.8 Å². The van der Waals surface area contributed by atoms with Crippen LogP contribution in [0, 0.1) is 17.8 Å². The Hall–Kier alpha value is -1.59. The van der Waals surface area contributed by atoms with E-state index in [4.69, 9.17) is 14.2 Å². The summed E-state index contributed by atoms with van der Waals surface area (Å²) >= 11 is 0. The Morgan fingerprint density at radius 1 is 0.362 bits per heavy atom. The van der Waals surface area contributed by atoms with E-state index in [9.17, 15) is 14.4 Å².